The fraction of sp³-hybridized carbons (Fsp3) is 0.600. The molecule has 0 fully saturated rings. The van der Waals surface area contributed by atoms with Crippen LogP contribution in [0.3, 0.4) is 0 Å². The summed E-state index contributed by atoms with van der Waals surface area (Å²) in [4.78, 5) is 0. The third-order valence-corrected chi connectivity index (χ3v) is 3.46. The van der Waals surface area contributed by atoms with Crippen LogP contribution in [0.4, 0.5) is 5.69 Å². The molecule has 0 spiro atoms. The number of para-hydroxylation sites is 1. The van der Waals surface area contributed by atoms with Gasteiger partial charge in [0.05, 0.1) is 0 Å². The summed E-state index contributed by atoms with van der Waals surface area (Å²) in [6.45, 7) is 11.3. The third kappa shape index (κ3) is 3.26. The van der Waals surface area contributed by atoms with Gasteiger partial charge in [-0.25, -0.2) is 0 Å². The number of hydrogen-bond donors (Lipinski definition) is 1. The Labute approximate surface area is 100 Å². The summed E-state index contributed by atoms with van der Waals surface area (Å²) in [7, 11) is 0. The van der Waals surface area contributed by atoms with Crippen LogP contribution in [0, 0.1) is 5.92 Å². The molecule has 1 rings (SSSR count). The van der Waals surface area contributed by atoms with Crippen LogP contribution in [0.1, 0.15) is 52.5 Å². The quantitative estimate of drug-likeness (QED) is 0.759. The van der Waals surface area contributed by atoms with Crippen LogP contribution >= 0.6 is 0 Å². The van der Waals surface area contributed by atoms with Crippen LogP contribution in [0.2, 0.25) is 0 Å². The monoisotopic (exact) mass is 219 g/mol. The molecule has 1 heteroatoms. The molecule has 0 aromatic heterocycles. The van der Waals surface area contributed by atoms with E-state index in [0.29, 0.717) is 17.9 Å². The van der Waals surface area contributed by atoms with Gasteiger partial charge in [0.25, 0.3) is 0 Å². The number of anilines is 1. The van der Waals surface area contributed by atoms with Crippen molar-refractivity contribution < 1.29 is 0 Å². The first kappa shape index (κ1) is 13.1. The second kappa shape index (κ2) is 5.93. The van der Waals surface area contributed by atoms with Gasteiger partial charge in [-0.3, -0.25) is 0 Å². The minimum Gasteiger partial charge on any atom is -0.382 e. The zero-order valence-electron chi connectivity index (χ0n) is 11.2. The Morgan fingerprint density at radius 1 is 1.06 bits per heavy atom. The maximum atomic E-state index is 3.64. The molecule has 0 radical (unpaired) electrons. The van der Waals surface area contributed by atoms with E-state index in [1.54, 1.807) is 0 Å². The highest BCUT2D eigenvalue weighted by Crippen LogP contribution is 2.25. The molecule has 0 heterocycles. The number of benzene rings is 1. The summed E-state index contributed by atoms with van der Waals surface area (Å²) >= 11 is 0. The minimum atomic E-state index is 0.532. The van der Waals surface area contributed by atoms with Crippen molar-refractivity contribution in [3.8, 4) is 0 Å². The van der Waals surface area contributed by atoms with Gasteiger partial charge in [-0.2, -0.15) is 0 Å². The molecule has 0 saturated carbocycles. The summed E-state index contributed by atoms with van der Waals surface area (Å²) in [5.74, 6) is 1.29. The third-order valence-electron chi connectivity index (χ3n) is 3.46. The fourth-order valence-corrected chi connectivity index (χ4v) is 1.87. The first-order chi connectivity index (χ1) is 7.56. The summed E-state index contributed by atoms with van der Waals surface area (Å²) < 4.78 is 0. The summed E-state index contributed by atoms with van der Waals surface area (Å²) in [6, 6.07) is 9.17. The number of rotatable bonds is 5. The van der Waals surface area contributed by atoms with Gasteiger partial charge in [-0.05, 0) is 30.4 Å². The van der Waals surface area contributed by atoms with Crippen molar-refractivity contribution in [2.45, 2.75) is 53.0 Å². The van der Waals surface area contributed by atoms with Crippen LogP contribution in [-0.4, -0.2) is 6.04 Å². The molecule has 0 aliphatic heterocycles. The maximum Gasteiger partial charge on any atom is 0.0377 e. The predicted molar refractivity (Wildman–Crippen MR) is 73.1 cm³/mol. The molecule has 0 aliphatic rings. The topological polar surface area (TPSA) is 12.0 Å². The van der Waals surface area contributed by atoms with Crippen LogP contribution in [0.5, 0.6) is 0 Å². The molecule has 1 aromatic carbocycles. The largest absolute Gasteiger partial charge is 0.382 e. The van der Waals surface area contributed by atoms with Crippen molar-refractivity contribution >= 4 is 5.69 Å². The maximum absolute atomic E-state index is 3.64. The summed E-state index contributed by atoms with van der Waals surface area (Å²) in [6.07, 6.45) is 1.22. The van der Waals surface area contributed by atoms with Gasteiger partial charge < -0.3 is 5.32 Å². The van der Waals surface area contributed by atoms with E-state index in [9.17, 15) is 0 Å². The van der Waals surface area contributed by atoms with Crippen LogP contribution in [-0.2, 0) is 0 Å². The number of nitrogens with one attached hydrogen (secondary N) is 1. The highest BCUT2D eigenvalue weighted by molar-refractivity contribution is 5.53. The molecule has 1 aromatic rings. The van der Waals surface area contributed by atoms with Crippen molar-refractivity contribution in [2.24, 2.45) is 5.92 Å². The van der Waals surface area contributed by atoms with Gasteiger partial charge in [-0.1, -0.05) is 52.3 Å². The molecule has 0 bridgehead atoms. The summed E-state index contributed by atoms with van der Waals surface area (Å²) in [5.41, 5.74) is 2.71. The Bertz CT molecular complexity index is 317. The molecule has 0 saturated heterocycles. The molecule has 16 heavy (non-hydrogen) atoms. The minimum absolute atomic E-state index is 0.532. The Kier molecular flexibility index (Phi) is 4.85. The Morgan fingerprint density at radius 2 is 1.69 bits per heavy atom. The molecule has 0 amide bonds. The lowest BCUT2D eigenvalue weighted by molar-refractivity contribution is 0.494. The Morgan fingerprint density at radius 3 is 2.25 bits per heavy atom. The van der Waals surface area contributed by atoms with Crippen molar-refractivity contribution in [3.05, 3.63) is 29.8 Å². The van der Waals surface area contributed by atoms with E-state index >= 15 is 0 Å². The van der Waals surface area contributed by atoms with Gasteiger partial charge in [0.1, 0.15) is 0 Å². The summed E-state index contributed by atoms with van der Waals surface area (Å²) in [5, 5.41) is 3.64. The average molecular weight is 219 g/mol. The second-order valence-electron chi connectivity index (χ2n) is 5.06. The van der Waals surface area contributed by atoms with Crippen LogP contribution < -0.4 is 5.32 Å². The molecule has 2 unspecified atom stereocenters. The van der Waals surface area contributed by atoms with Gasteiger partial charge in [-0.15, -0.1) is 0 Å². The molecule has 0 aliphatic carbocycles. The molecule has 2 atom stereocenters. The van der Waals surface area contributed by atoms with Gasteiger partial charge in [0.2, 0.25) is 0 Å². The SMILES string of the molecule is CCC(C)C(C)Nc1ccccc1C(C)C. The van der Waals surface area contributed by atoms with E-state index in [-0.39, 0.29) is 0 Å². The highest BCUT2D eigenvalue weighted by Gasteiger charge is 2.12. The van der Waals surface area contributed by atoms with Crippen molar-refractivity contribution in [2.75, 3.05) is 5.32 Å². The fourth-order valence-electron chi connectivity index (χ4n) is 1.87. The smallest absolute Gasteiger partial charge is 0.0377 e. The van der Waals surface area contributed by atoms with Gasteiger partial charge in [0, 0.05) is 11.7 Å². The van der Waals surface area contributed by atoms with E-state index in [4.69, 9.17) is 0 Å². The van der Waals surface area contributed by atoms with Crippen LogP contribution in [0.15, 0.2) is 24.3 Å². The van der Waals surface area contributed by atoms with Crippen LogP contribution in [0.25, 0.3) is 0 Å². The standard InChI is InChI=1S/C15H25N/c1-6-12(4)13(5)16-15-10-8-7-9-14(15)11(2)3/h7-13,16H,6H2,1-5H3. The first-order valence-electron chi connectivity index (χ1n) is 6.41. The average Bonchev–Trinajstić information content (AvgIpc) is 2.28. The lowest BCUT2D eigenvalue weighted by atomic mass is 9.97. The molecule has 1 nitrogen and oxygen atoms in total. The Balaban J connectivity index is 2.80. The number of hydrogen-bond acceptors (Lipinski definition) is 1. The van der Waals surface area contributed by atoms with Crippen molar-refractivity contribution in [3.63, 3.8) is 0 Å². The molecule has 1 N–H and O–H groups in total. The van der Waals surface area contributed by atoms with E-state index in [1.165, 1.54) is 17.7 Å². The zero-order chi connectivity index (χ0) is 12.1. The first-order valence-corrected chi connectivity index (χ1v) is 6.41. The van der Waals surface area contributed by atoms with E-state index in [1.807, 2.05) is 0 Å². The zero-order valence-corrected chi connectivity index (χ0v) is 11.2. The lowest BCUT2D eigenvalue weighted by Crippen LogP contribution is -2.23. The van der Waals surface area contributed by atoms with E-state index in [0.717, 1.165) is 0 Å². The van der Waals surface area contributed by atoms with Gasteiger partial charge >= 0.3 is 0 Å². The lowest BCUT2D eigenvalue weighted by Gasteiger charge is -2.23. The van der Waals surface area contributed by atoms with E-state index < -0.39 is 0 Å². The normalized spacial score (nSPS) is 14.9. The highest BCUT2D eigenvalue weighted by atomic mass is 14.9. The molecule has 90 valence electrons. The van der Waals surface area contributed by atoms with Gasteiger partial charge in [0.15, 0.2) is 0 Å². The van der Waals surface area contributed by atoms with E-state index in [2.05, 4.69) is 64.2 Å². The van der Waals surface area contributed by atoms with Crippen molar-refractivity contribution in [1.29, 1.82) is 0 Å². The predicted octanol–water partition coefficient (Wildman–Crippen LogP) is 4.66. The Hall–Kier alpha value is -0.980. The molecular formula is C15H25N. The molecular weight excluding hydrogens is 194 g/mol. The second-order valence-corrected chi connectivity index (χ2v) is 5.06. The van der Waals surface area contributed by atoms with Crippen molar-refractivity contribution in [1.82, 2.24) is 0 Å².